The van der Waals surface area contributed by atoms with E-state index in [2.05, 4.69) is 19.9 Å². The number of carbonyl (C=O) groups excluding carboxylic acids is 2. The number of methoxy groups -OCH3 is 1. The number of Topliss-reactive ketones (excluding diaryl/α,β-unsaturated/α-hetero) is 1. The smallest absolute Gasteiger partial charge is 0.345 e. The second-order valence-corrected chi connectivity index (χ2v) is 14.0. The topological polar surface area (TPSA) is 112 Å². The van der Waals surface area contributed by atoms with Crippen molar-refractivity contribution in [3.8, 4) is 0 Å². The van der Waals surface area contributed by atoms with E-state index in [-0.39, 0.29) is 78.6 Å². The summed E-state index contributed by atoms with van der Waals surface area (Å²) in [6.45, 7) is 11.1. The van der Waals surface area contributed by atoms with Crippen molar-refractivity contribution in [2.75, 3.05) is 20.3 Å². The number of cyclic esters (lactones) is 1. The first-order valence-electron chi connectivity index (χ1n) is 16.4. The van der Waals surface area contributed by atoms with Crippen molar-refractivity contribution in [3.05, 3.63) is 35.1 Å². The van der Waals surface area contributed by atoms with Gasteiger partial charge in [0.25, 0.3) is 0 Å². The molecule has 0 aromatic carbocycles. The van der Waals surface area contributed by atoms with Crippen LogP contribution in [0.25, 0.3) is 0 Å². The van der Waals surface area contributed by atoms with Crippen LogP contribution in [0.15, 0.2) is 35.1 Å². The van der Waals surface area contributed by atoms with E-state index in [1.54, 1.807) is 14.0 Å². The molecule has 2 N–H and O–H groups in total. The number of rotatable bonds is 10. The number of esters is 1. The van der Waals surface area contributed by atoms with Crippen LogP contribution in [0.3, 0.4) is 0 Å². The van der Waals surface area contributed by atoms with Gasteiger partial charge in [-0.05, 0) is 62.4 Å². The minimum absolute atomic E-state index is 0.0273. The van der Waals surface area contributed by atoms with E-state index < -0.39 is 29.4 Å². The van der Waals surface area contributed by atoms with Crippen molar-refractivity contribution in [1.82, 2.24) is 0 Å². The summed E-state index contributed by atoms with van der Waals surface area (Å²) >= 11 is 0. The third-order valence-corrected chi connectivity index (χ3v) is 10.7. The molecule has 4 rings (SSSR count). The second kappa shape index (κ2) is 14.6. The van der Waals surface area contributed by atoms with Gasteiger partial charge in [0.05, 0.1) is 37.1 Å². The number of alkyl halides is 1. The lowest BCUT2D eigenvalue weighted by molar-refractivity contribution is -0.135. The molecule has 3 aliphatic heterocycles. The number of aliphatic hydroxyl groups excluding tert-OH is 2. The summed E-state index contributed by atoms with van der Waals surface area (Å²) in [5, 5.41) is 21.6. The molecular weight excluding hydrogens is 567 g/mol. The molecule has 0 unspecified atom stereocenters. The number of hydrogen-bond acceptors (Lipinski definition) is 8. The maximum absolute atomic E-state index is 15.5. The fourth-order valence-electron chi connectivity index (χ4n) is 8.05. The third-order valence-electron chi connectivity index (χ3n) is 10.7. The molecule has 0 spiro atoms. The fraction of sp³-hybridized carbons (Fsp3) is 0.771. The van der Waals surface area contributed by atoms with E-state index >= 15 is 4.39 Å². The molecule has 0 aromatic rings. The Morgan fingerprint density at radius 3 is 2.48 bits per heavy atom. The van der Waals surface area contributed by atoms with Gasteiger partial charge >= 0.3 is 5.97 Å². The Bertz CT molecular complexity index is 1110. The van der Waals surface area contributed by atoms with Crippen LogP contribution < -0.4 is 0 Å². The van der Waals surface area contributed by atoms with E-state index in [9.17, 15) is 19.8 Å². The molecule has 3 saturated heterocycles. The summed E-state index contributed by atoms with van der Waals surface area (Å²) in [6, 6.07) is 0. The van der Waals surface area contributed by atoms with Crippen molar-refractivity contribution in [2.24, 2.45) is 35.5 Å². The molecule has 0 radical (unpaired) electrons. The number of carbonyl (C=O) groups is 2. The normalized spacial score (nSPS) is 40.2. The van der Waals surface area contributed by atoms with Gasteiger partial charge in [-0.3, -0.25) is 4.79 Å². The molecular formula is C35H53FO8. The minimum Gasteiger partial charge on any atom is -0.511 e. The monoisotopic (exact) mass is 620 g/mol. The second-order valence-electron chi connectivity index (χ2n) is 14.0. The lowest BCUT2D eigenvalue weighted by atomic mass is 9.66. The average molecular weight is 621 g/mol. The number of ketones is 1. The van der Waals surface area contributed by atoms with Crippen LogP contribution in [0.5, 0.6) is 0 Å². The summed E-state index contributed by atoms with van der Waals surface area (Å²) < 4.78 is 38.4. The summed E-state index contributed by atoms with van der Waals surface area (Å²) in [5.74, 6) is -1.59. The van der Waals surface area contributed by atoms with Crippen LogP contribution >= 0.6 is 0 Å². The van der Waals surface area contributed by atoms with Gasteiger partial charge in [-0.15, -0.1) is 0 Å². The molecule has 248 valence electrons. The molecule has 0 bridgehead atoms. The number of hydrogen-bond donors (Lipinski definition) is 2. The van der Waals surface area contributed by atoms with Crippen LogP contribution in [0.1, 0.15) is 80.1 Å². The van der Waals surface area contributed by atoms with Gasteiger partial charge in [0, 0.05) is 25.4 Å². The van der Waals surface area contributed by atoms with Crippen molar-refractivity contribution < 1.29 is 43.1 Å². The molecule has 3 heterocycles. The Labute approximate surface area is 262 Å². The lowest BCUT2D eigenvalue weighted by Crippen LogP contribution is -2.37. The maximum atomic E-state index is 15.5. The molecule has 8 nitrogen and oxygen atoms in total. The highest BCUT2D eigenvalue weighted by atomic mass is 19.1. The highest BCUT2D eigenvalue weighted by Crippen LogP contribution is 2.44. The van der Waals surface area contributed by atoms with E-state index in [0.29, 0.717) is 6.42 Å². The van der Waals surface area contributed by atoms with Crippen LogP contribution in [0.2, 0.25) is 0 Å². The summed E-state index contributed by atoms with van der Waals surface area (Å²) in [4.78, 5) is 24.4. The SMILES string of the molecule is CO[C@@H](C)[C@H]1C[C@](C)(F)[C@H]([C@@H](C)/C=C/[C@@H]2CC[C@@H](C)[C@H](/C(=C/[C@H]3CCC[C@@H](C)[C@@H]3[C@H](C)/C(O)=C3\C(=O)COC3=O)CO)O2)O1. The Kier molecular flexibility index (Phi) is 11.5. The standard InChI is InChI=1S/C35H53FO8/c1-19-9-8-10-24(29(19)22(4)31(39)30-27(38)18-42-34(30)40)15-25(17-37)32-20(2)11-13-26(43-32)14-12-21(3)33-35(6,36)16-28(44-33)23(5)41-7/h12,14-15,19-24,26,28-29,32-33,37,39H,8-11,13,16-18H2,1-7H3/b14-12+,25-15+,31-30-/t19-,20-,21+,22+,23+,24-,26+,28-,29-,32-,33+,35+/m1/s1. The zero-order valence-electron chi connectivity index (χ0n) is 27.5. The van der Waals surface area contributed by atoms with E-state index in [0.717, 1.165) is 37.7 Å². The van der Waals surface area contributed by atoms with Crippen LogP contribution in [-0.2, 0) is 28.5 Å². The van der Waals surface area contributed by atoms with Crippen molar-refractivity contribution >= 4 is 11.8 Å². The Morgan fingerprint density at radius 2 is 1.84 bits per heavy atom. The van der Waals surface area contributed by atoms with Gasteiger partial charge in [-0.2, -0.15) is 0 Å². The Morgan fingerprint density at radius 1 is 1.11 bits per heavy atom. The molecule has 4 fully saturated rings. The first kappa shape index (κ1) is 34.8. The molecule has 0 amide bonds. The van der Waals surface area contributed by atoms with Gasteiger partial charge < -0.3 is 29.2 Å². The summed E-state index contributed by atoms with van der Waals surface area (Å²) in [6.07, 6.45) is 9.51. The molecule has 44 heavy (non-hydrogen) atoms. The molecule has 9 heteroatoms. The van der Waals surface area contributed by atoms with Gasteiger partial charge in [0.1, 0.15) is 17.0 Å². The number of halogens is 1. The average Bonchev–Trinajstić information content (AvgIpc) is 3.50. The largest absolute Gasteiger partial charge is 0.511 e. The Balaban J connectivity index is 1.49. The number of ether oxygens (including phenoxy) is 4. The number of allylic oxidation sites excluding steroid dienone is 2. The van der Waals surface area contributed by atoms with Gasteiger partial charge in [-0.25, -0.2) is 9.18 Å². The van der Waals surface area contributed by atoms with E-state index in [1.807, 2.05) is 32.9 Å². The van der Waals surface area contributed by atoms with Crippen molar-refractivity contribution in [2.45, 2.75) is 116 Å². The molecule has 4 aliphatic rings. The minimum atomic E-state index is -1.46. The van der Waals surface area contributed by atoms with Gasteiger partial charge in [0.15, 0.2) is 6.61 Å². The molecule has 12 atom stereocenters. The quantitative estimate of drug-likeness (QED) is 0.103. The summed E-state index contributed by atoms with van der Waals surface area (Å²) in [7, 11) is 1.61. The first-order chi connectivity index (χ1) is 20.8. The fourth-order valence-corrected chi connectivity index (χ4v) is 8.05. The lowest BCUT2D eigenvalue weighted by Gasteiger charge is -2.41. The van der Waals surface area contributed by atoms with Gasteiger partial charge in [-0.1, -0.05) is 58.8 Å². The summed E-state index contributed by atoms with van der Waals surface area (Å²) in [5.41, 5.74) is -0.873. The van der Waals surface area contributed by atoms with Crippen LogP contribution in [0.4, 0.5) is 4.39 Å². The highest BCUT2D eigenvalue weighted by Gasteiger charge is 2.49. The first-order valence-corrected chi connectivity index (χ1v) is 16.4. The maximum Gasteiger partial charge on any atom is 0.345 e. The molecule has 0 aromatic heterocycles. The Hall–Kier alpha value is -2.07. The number of aliphatic hydroxyl groups is 2. The van der Waals surface area contributed by atoms with E-state index in [4.69, 9.17) is 18.9 Å². The third kappa shape index (κ3) is 7.48. The zero-order valence-corrected chi connectivity index (χ0v) is 27.5. The van der Waals surface area contributed by atoms with Crippen molar-refractivity contribution in [3.63, 3.8) is 0 Å². The zero-order chi connectivity index (χ0) is 32.3. The van der Waals surface area contributed by atoms with Crippen LogP contribution in [-0.4, -0.2) is 78.5 Å². The van der Waals surface area contributed by atoms with Crippen LogP contribution in [0, 0.1) is 35.5 Å². The predicted octanol–water partition coefficient (Wildman–Crippen LogP) is 5.83. The molecule has 1 aliphatic carbocycles. The van der Waals surface area contributed by atoms with Gasteiger partial charge in [0.2, 0.25) is 5.78 Å². The predicted molar refractivity (Wildman–Crippen MR) is 165 cm³/mol. The molecule has 1 saturated carbocycles. The van der Waals surface area contributed by atoms with Crippen molar-refractivity contribution in [1.29, 1.82) is 0 Å². The highest BCUT2D eigenvalue weighted by molar-refractivity contribution is 6.22. The van der Waals surface area contributed by atoms with E-state index in [1.165, 1.54) is 0 Å².